The highest BCUT2D eigenvalue weighted by Crippen LogP contribution is 2.36. The summed E-state index contributed by atoms with van der Waals surface area (Å²) in [4.78, 5) is 0. The van der Waals surface area contributed by atoms with Crippen LogP contribution in [0.4, 0.5) is 8.78 Å². The standard InChI is InChI=1S/C8H14F2INO/c1-12(11)6-3-4-8(9,10)5-7(6)13-2/h6-7H,3-5H2,1-2H3. The Morgan fingerprint density at radius 3 is 2.62 bits per heavy atom. The Kier molecular flexibility index (Phi) is 3.88. The van der Waals surface area contributed by atoms with Gasteiger partial charge in [-0.05, 0) is 13.5 Å². The number of nitrogens with zero attached hydrogens (tertiary/aromatic N) is 1. The van der Waals surface area contributed by atoms with Crippen molar-refractivity contribution in [1.82, 2.24) is 3.11 Å². The van der Waals surface area contributed by atoms with E-state index in [-0.39, 0.29) is 25.0 Å². The van der Waals surface area contributed by atoms with Gasteiger partial charge in [-0.2, -0.15) is 0 Å². The maximum Gasteiger partial charge on any atom is 0.250 e. The second kappa shape index (κ2) is 4.35. The summed E-state index contributed by atoms with van der Waals surface area (Å²) in [5.41, 5.74) is 0. The monoisotopic (exact) mass is 305 g/mol. The van der Waals surface area contributed by atoms with Gasteiger partial charge >= 0.3 is 0 Å². The molecule has 2 unspecified atom stereocenters. The van der Waals surface area contributed by atoms with E-state index in [1.54, 1.807) is 0 Å². The molecule has 2 atom stereocenters. The first-order valence-corrected chi connectivity index (χ1v) is 5.22. The lowest BCUT2D eigenvalue weighted by Crippen LogP contribution is -2.45. The second-order valence-corrected chi connectivity index (χ2v) is 4.99. The van der Waals surface area contributed by atoms with Gasteiger partial charge in [0.1, 0.15) is 0 Å². The molecule has 0 bridgehead atoms. The Balaban J connectivity index is 2.61. The molecule has 1 aliphatic rings. The lowest BCUT2D eigenvalue weighted by molar-refractivity contribution is -0.104. The van der Waals surface area contributed by atoms with Crippen LogP contribution in [0, 0.1) is 0 Å². The molecule has 0 spiro atoms. The molecule has 1 rings (SSSR count). The van der Waals surface area contributed by atoms with E-state index in [0.717, 1.165) is 0 Å². The van der Waals surface area contributed by atoms with Gasteiger partial charge in [0.05, 0.1) is 6.10 Å². The van der Waals surface area contributed by atoms with Crippen LogP contribution >= 0.6 is 22.9 Å². The molecule has 0 N–H and O–H groups in total. The highest BCUT2D eigenvalue weighted by molar-refractivity contribution is 14.1. The molecule has 0 aromatic heterocycles. The molecule has 0 aliphatic heterocycles. The van der Waals surface area contributed by atoms with E-state index < -0.39 is 5.92 Å². The SMILES string of the molecule is COC1CC(F)(F)CCC1N(C)I. The first-order chi connectivity index (χ1) is 5.96. The lowest BCUT2D eigenvalue weighted by atomic mass is 9.89. The van der Waals surface area contributed by atoms with Crippen LogP contribution in [0.15, 0.2) is 0 Å². The van der Waals surface area contributed by atoms with Gasteiger partial charge in [0, 0.05) is 48.9 Å². The van der Waals surface area contributed by atoms with Crippen molar-refractivity contribution in [3.05, 3.63) is 0 Å². The minimum Gasteiger partial charge on any atom is -0.380 e. The molecular formula is C8H14F2INO. The van der Waals surface area contributed by atoms with Crippen LogP contribution in [0.1, 0.15) is 19.3 Å². The molecule has 5 heteroatoms. The number of methoxy groups -OCH3 is 1. The van der Waals surface area contributed by atoms with Crippen LogP contribution in [0.2, 0.25) is 0 Å². The molecule has 0 radical (unpaired) electrons. The van der Waals surface area contributed by atoms with Crippen molar-refractivity contribution in [3.63, 3.8) is 0 Å². The third kappa shape index (κ3) is 2.99. The van der Waals surface area contributed by atoms with E-state index in [4.69, 9.17) is 4.74 Å². The van der Waals surface area contributed by atoms with Crippen molar-refractivity contribution in [2.45, 2.75) is 37.3 Å². The number of ether oxygens (including phenoxy) is 1. The van der Waals surface area contributed by atoms with Gasteiger partial charge < -0.3 is 4.74 Å². The first-order valence-electron chi connectivity index (χ1n) is 4.25. The Labute approximate surface area is 91.1 Å². The molecule has 0 aromatic rings. The topological polar surface area (TPSA) is 12.5 Å². The van der Waals surface area contributed by atoms with Crippen LogP contribution in [0.5, 0.6) is 0 Å². The molecule has 0 aromatic carbocycles. The van der Waals surface area contributed by atoms with E-state index >= 15 is 0 Å². The average Bonchev–Trinajstić information content (AvgIpc) is 2.01. The molecule has 0 saturated heterocycles. The molecule has 1 saturated carbocycles. The van der Waals surface area contributed by atoms with Crippen molar-refractivity contribution in [3.8, 4) is 0 Å². The third-order valence-corrected chi connectivity index (χ3v) is 3.21. The Hall–Kier alpha value is 0.510. The van der Waals surface area contributed by atoms with E-state index in [9.17, 15) is 8.78 Å². The highest BCUT2D eigenvalue weighted by atomic mass is 127. The van der Waals surface area contributed by atoms with Crippen LogP contribution in [-0.4, -0.2) is 35.3 Å². The van der Waals surface area contributed by atoms with Gasteiger partial charge in [0.15, 0.2) is 0 Å². The lowest BCUT2D eigenvalue weighted by Gasteiger charge is -2.37. The van der Waals surface area contributed by atoms with E-state index in [1.165, 1.54) is 7.11 Å². The van der Waals surface area contributed by atoms with Gasteiger partial charge in [-0.3, -0.25) is 0 Å². The molecule has 0 amide bonds. The average molecular weight is 305 g/mol. The largest absolute Gasteiger partial charge is 0.380 e. The molecule has 1 fully saturated rings. The number of halogens is 3. The fourth-order valence-electron chi connectivity index (χ4n) is 1.72. The predicted molar refractivity (Wildman–Crippen MR) is 55.2 cm³/mol. The normalized spacial score (nSPS) is 33.7. The Bertz CT molecular complexity index is 178. The van der Waals surface area contributed by atoms with Crippen LogP contribution < -0.4 is 0 Å². The number of hydrogen-bond donors (Lipinski definition) is 0. The fraction of sp³-hybridized carbons (Fsp3) is 1.00. The van der Waals surface area contributed by atoms with Crippen molar-refractivity contribution in [2.24, 2.45) is 0 Å². The summed E-state index contributed by atoms with van der Waals surface area (Å²) >= 11 is 2.12. The molecule has 78 valence electrons. The third-order valence-electron chi connectivity index (χ3n) is 2.49. The van der Waals surface area contributed by atoms with Gasteiger partial charge in [-0.1, -0.05) is 0 Å². The summed E-state index contributed by atoms with van der Waals surface area (Å²) in [5.74, 6) is -2.54. The number of rotatable bonds is 2. The summed E-state index contributed by atoms with van der Waals surface area (Å²) < 4.78 is 33.0. The minimum atomic E-state index is -2.54. The first kappa shape index (κ1) is 11.6. The summed E-state index contributed by atoms with van der Waals surface area (Å²) in [6.45, 7) is 0. The van der Waals surface area contributed by atoms with Crippen LogP contribution in [-0.2, 0) is 4.74 Å². The molecule has 13 heavy (non-hydrogen) atoms. The van der Waals surface area contributed by atoms with Gasteiger partial charge in [-0.25, -0.2) is 11.9 Å². The zero-order valence-electron chi connectivity index (χ0n) is 7.77. The smallest absolute Gasteiger partial charge is 0.250 e. The molecule has 2 nitrogen and oxygen atoms in total. The summed E-state index contributed by atoms with van der Waals surface area (Å²) in [6, 6.07) is 0.116. The fourth-order valence-corrected chi connectivity index (χ4v) is 2.36. The van der Waals surface area contributed by atoms with Gasteiger partial charge in [-0.15, -0.1) is 0 Å². The minimum absolute atomic E-state index is 0.0229. The van der Waals surface area contributed by atoms with Crippen molar-refractivity contribution in [2.75, 3.05) is 14.2 Å². The predicted octanol–water partition coefficient (Wildman–Crippen LogP) is 2.47. The molecule has 0 heterocycles. The number of likely N-dealkylation sites (N-methyl/N-ethyl adjacent to an activating group) is 1. The maximum absolute atomic E-state index is 13.0. The zero-order valence-corrected chi connectivity index (χ0v) is 9.92. The van der Waals surface area contributed by atoms with Crippen molar-refractivity contribution >= 4 is 22.9 Å². The van der Waals surface area contributed by atoms with Gasteiger partial charge in [0.25, 0.3) is 5.92 Å². The Morgan fingerprint density at radius 1 is 1.54 bits per heavy atom. The molecular weight excluding hydrogens is 291 g/mol. The zero-order chi connectivity index (χ0) is 10.1. The highest BCUT2D eigenvalue weighted by Gasteiger charge is 2.42. The Morgan fingerprint density at radius 2 is 2.15 bits per heavy atom. The summed E-state index contributed by atoms with van der Waals surface area (Å²) in [5, 5.41) is 0. The quantitative estimate of drug-likeness (QED) is 0.574. The number of hydrogen-bond acceptors (Lipinski definition) is 2. The van der Waals surface area contributed by atoms with E-state index in [2.05, 4.69) is 22.9 Å². The number of alkyl halides is 2. The maximum atomic E-state index is 13.0. The summed E-state index contributed by atoms with van der Waals surface area (Å²) in [6.07, 6.45) is -0.0113. The van der Waals surface area contributed by atoms with Crippen LogP contribution in [0.25, 0.3) is 0 Å². The van der Waals surface area contributed by atoms with Crippen LogP contribution in [0.3, 0.4) is 0 Å². The molecule has 1 aliphatic carbocycles. The summed E-state index contributed by atoms with van der Waals surface area (Å²) in [7, 11) is 3.39. The second-order valence-electron chi connectivity index (χ2n) is 3.47. The van der Waals surface area contributed by atoms with E-state index in [1.807, 2.05) is 10.2 Å². The van der Waals surface area contributed by atoms with Crippen molar-refractivity contribution < 1.29 is 13.5 Å². The van der Waals surface area contributed by atoms with Crippen molar-refractivity contribution in [1.29, 1.82) is 0 Å². The van der Waals surface area contributed by atoms with Gasteiger partial charge in [0.2, 0.25) is 0 Å². The van der Waals surface area contributed by atoms with E-state index in [0.29, 0.717) is 6.42 Å².